The van der Waals surface area contributed by atoms with Crippen molar-refractivity contribution in [1.82, 2.24) is 0 Å². The van der Waals surface area contributed by atoms with Gasteiger partial charge in [-0.15, -0.1) is 0 Å². The first-order chi connectivity index (χ1) is 23.7. The van der Waals surface area contributed by atoms with Gasteiger partial charge in [-0.1, -0.05) is 27.7 Å². The molecule has 1 spiro atoms. The minimum atomic E-state index is -0.643. The van der Waals surface area contributed by atoms with Crippen LogP contribution >= 0.6 is 0 Å². The smallest absolute Gasteiger partial charge is 0.302 e. The molecular formula is C44H64O6. The molecule has 1 aliphatic heterocycles. The average molecular weight is 689 g/mol. The lowest BCUT2D eigenvalue weighted by molar-refractivity contribution is -0.188. The molecule has 0 N–H and O–H groups in total. The maximum absolute atomic E-state index is 14.3. The van der Waals surface area contributed by atoms with E-state index in [1.165, 1.54) is 62.7 Å². The summed E-state index contributed by atoms with van der Waals surface area (Å²) >= 11 is 0. The van der Waals surface area contributed by atoms with Crippen molar-refractivity contribution in [3.63, 3.8) is 0 Å². The number of esters is 2. The van der Waals surface area contributed by atoms with E-state index in [0.717, 1.165) is 69.6 Å². The maximum Gasteiger partial charge on any atom is 0.302 e. The normalized spacial score (nSPS) is 53.4. The zero-order chi connectivity index (χ0) is 35.0. The van der Waals surface area contributed by atoms with E-state index in [9.17, 15) is 14.4 Å². The summed E-state index contributed by atoms with van der Waals surface area (Å²) < 4.78 is 19.2. The molecule has 9 aliphatic rings. The second-order valence-corrected chi connectivity index (χ2v) is 20.6. The van der Waals surface area contributed by atoms with Gasteiger partial charge in [0, 0.05) is 43.9 Å². The van der Waals surface area contributed by atoms with E-state index < -0.39 is 5.60 Å². The Hall–Kier alpha value is -1.85. The monoisotopic (exact) mass is 688 g/mol. The predicted octanol–water partition coefficient (Wildman–Crippen LogP) is 9.53. The van der Waals surface area contributed by atoms with E-state index in [1.807, 2.05) is 0 Å². The molecule has 0 radical (unpaired) electrons. The summed E-state index contributed by atoms with van der Waals surface area (Å²) in [7, 11) is 0. The van der Waals surface area contributed by atoms with E-state index in [1.54, 1.807) is 13.8 Å². The van der Waals surface area contributed by atoms with Crippen LogP contribution in [0, 0.1) is 69.0 Å². The van der Waals surface area contributed by atoms with Crippen LogP contribution in [0.1, 0.15) is 157 Å². The Kier molecular flexibility index (Phi) is 7.69. The van der Waals surface area contributed by atoms with Crippen LogP contribution in [-0.4, -0.2) is 35.5 Å². The van der Waals surface area contributed by atoms with Crippen molar-refractivity contribution in [1.29, 1.82) is 0 Å². The lowest BCUT2D eigenvalue weighted by Crippen LogP contribution is -2.61. The lowest BCUT2D eigenvalue weighted by atomic mass is 9.43. The molecule has 7 fully saturated rings. The van der Waals surface area contributed by atoms with Crippen molar-refractivity contribution in [2.24, 2.45) is 69.0 Å². The first kappa shape index (κ1) is 34.0. The molecule has 7 saturated carbocycles. The van der Waals surface area contributed by atoms with Crippen molar-refractivity contribution in [2.45, 2.75) is 175 Å². The predicted molar refractivity (Wildman–Crippen MR) is 190 cm³/mol. The molecule has 0 aromatic heterocycles. The van der Waals surface area contributed by atoms with Crippen molar-refractivity contribution in [3.05, 3.63) is 11.3 Å². The molecule has 0 amide bonds. The van der Waals surface area contributed by atoms with Crippen LogP contribution in [-0.2, 0) is 28.6 Å². The minimum Gasteiger partial charge on any atom is -0.484 e. The summed E-state index contributed by atoms with van der Waals surface area (Å²) in [5.74, 6) is 6.45. The molecule has 50 heavy (non-hydrogen) atoms. The quantitative estimate of drug-likeness (QED) is 0.269. The Morgan fingerprint density at radius 1 is 0.620 bits per heavy atom. The van der Waals surface area contributed by atoms with Gasteiger partial charge in [-0.05, 0) is 160 Å². The van der Waals surface area contributed by atoms with Crippen molar-refractivity contribution >= 4 is 17.7 Å². The van der Waals surface area contributed by atoms with Crippen molar-refractivity contribution in [2.75, 3.05) is 0 Å². The molecule has 0 aromatic carbocycles. The van der Waals surface area contributed by atoms with Gasteiger partial charge in [-0.3, -0.25) is 14.4 Å². The Labute approximate surface area is 301 Å². The van der Waals surface area contributed by atoms with Gasteiger partial charge in [0.1, 0.15) is 12.2 Å². The molecule has 0 saturated heterocycles. The summed E-state index contributed by atoms with van der Waals surface area (Å²) in [6, 6.07) is 0. The van der Waals surface area contributed by atoms with E-state index in [4.69, 9.17) is 14.2 Å². The Bertz CT molecular complexity index is 1500. The highest BCUT2D eigenvalue weighted by atomic mass is 16.5. The maximum atomic E-state index is 14.3. The third-order valence-electron chi connectivity index (χ3n) is 18.7. The van der Waals surface area contributed by atoms with Crippen LogP contribution in [0.4, 0.5) is 0 Å². The van der Waals surface area contributed by atoms with E-state index >= 15 is 0 Å². The SMILES string of the molecule is CC(=O)O[C@H]1CC[C@H]2[C@@H]3CC[C@H]4CC5=C(CC[C@@]6(C[C@@]7(C)[C@H](CC[C@@H]8[C@H]7CC[C@@]7(C)[C@@H]8CC[C@H]7OC(C)=O)CC6=O)O5)C[C@]4(C)[C@H]3CC[C@]12C. The number of fused-ring (bicyclic) bond motifs is 10. The van der Waals surface area contributed by atoms with Gasteiger partial charge in [0.25, 0.3) is 0 Å². The molecule has 6 heteroatoms. The average Bonchev–Trinajstić information content (AvgIpc) is 3.56. The zero-order valence-corrected chi connectivity index (χ0v) is 32.0. The number of ketones is 1. The number of hydrogen-bond acceptors (Lipinski definition) is 6. The molecule has 276 valence electrons. The summed E-state index contributed by atoms with van der Waals surface area (Å²) in [5, 5.41) is 0. The highest BCUT2D eigenvalue weighted by Crippen LogP contribution is 2.70. The Morgan fingerprint density at radius 2 is 1.14 bits per heavy atom. The van der Waals surface area contributed by atoms with E-state index in [-0.39, 0.29) is 40.4 Å². The number of ether oxygens (including phenoxy) is 3. The number of Topliss-reactive ketones (excluding diaryl/α,β-unsaturated/α-hetero) is 1. The molecular weight excluding hydrogens is 624 g/mol. The van der Waals surface area contributed by atoms with Crippen LogP contribution in [0.3, 0.4) is 0 Å². The minimum absolute atomic E-state index is 0.0591. The highest BCUT2D eigenvalue weighted by molar-refractivity contribution is 5.89. The third kappa shape index (κ3) is 4.66. The molecule has 0 aromatic rings. The summed E-state index contributed by atoms with van der Waals surface area (Å²) in [6.07, 6.45) is 19.8. The van der Waals surface area contributed by atoms with Gasteiger partial charge in [-0.2, -0.15) is 0 Å². The zero-order valence-electron chi connectivity index (χ0n) is 32.0. The lowest BCUT2D eigenvalue weighted by Gasteiger charge is -2.63. The van der Waals surface area contributed by atoms with Gasteiger partial charge < -0.3 is 14.2 Å². The second kappa shape index (κ2) is 11.3. The molecule has 15 atom stereocenters. The molecule has 1 heterocycles. The number of carbonyl (C=O) groups is 3. The Balaban J connectivity index is 0.940. The summed E-state index contributed by atoms with van der Waals surface area (Å²) in [4.78, 5) is 38.3. The third-order valence-corrected chi connectivity index (χ3v) is 18.7. The molecule has 0 bridgehead atoms. The van der Waals surface area contributed by atoms with Crippen molar-refractivity contribution < 1.29 is 28.6 Å². The fourth-order valence-corrected chi connectivity index (χ4v) is 16.3. The van der Waals surface area contributed by atoms with Crippen LogP contribution in [0.5, 0.6) is 0 Å². The number of allylic oxidation sites excluding steroid dienone is 2. The van der Waals surface area contributed by atoms with Gasteiger partial charge in [0.05, 0.1) is 5.76 Å². The fourth-order valence-electron chi connectivity index (χ4n) is 16.3. The summed E-state index contributed by atoms with van der Waals surface area (Å²) in [5.41, 5.74) is 1.52. The molecule has 0 unspecified atom stereocenters. The van der Waals surface area contributed by atoms with Crippen LogP contribution in [0.15, 0.2) is 11.3 Å². The van der Waals surface area contributed by atoms with Gasteiger partial charge >= 0.3 is 11.9 Å². The highest BCUT2D eigenvalue weighted by Gasteiger charge is 2.66. The van der Waals surface area contributed by atoms with Gasteiger partial charge in [-0.25, -0.2) is 0 Å². The van der Waals surface area contributed by atoms with Crippen LogP contribution in [0.2, 0.25) is 0 Å². The number of rotatable bonds is 2. The standard InChI is InChI=1S/C44H64O6/c1-25(45)48-38-13-11-32-30-9-7-28-21-36-27(23-42(28,5)34(30)16-18-40(32,38)3)15-20-44(50-36)24-43(6)29(22-37(44)47)8-10-31-33-12-14-39(49-26(2)46)41(33,4)19-17-35(31)43/h28-35,38-39H,7-24H2,1-6H3/t28-,29+,30-,31-,32-,33+,34-,35+,38-,39+,40-,41-,42-,43-,44-/m0/s1. The van der Waals surface area contributed by atoms with Crippen molar-refractivity contribution in [3.8, 4) is 0 Å². The summed E-state index contributed by atoms with van der Waals surface area (Å²) in [6.45, 7) is 13.2. The van der Waals surface area contributed by atoms with Gasteiger partial charge in [0.2, 0.25) is 0 Å². The molecule has 6 nitrogen and oxygen atoms in total. The second-order valence-electron chi connectivity index (χ2n) is 20.6. The van der Waals surface area contributed by atoms with Crippen LogP contribution < -0.4 is 0 Å². The largest absolute Gasteiger partial charge is 0.484 e. The number of hydrogen-bond donors (Lipinski definition) is 0. The fraction of sp³-hybridized carbons (Fsp3) is 0.886. The molecule has 8 aliphatic carbocycles. The number of carbonyl (C=O) groups excluding carboxylic acids is 3. The van der Waals surface area contributed by atoms with Crippen LogP contribution in [0.25, 0.3) is 0 Å². The Morgan fingerprint density at radius 3 is 1.70 bits per heavy atom. The topological polar surface area (TPSA) is 78.9 Å². The van der Waals surface area contributed by atoms with E-state index in [2.05, 4.69) is 27.7 Å². The van der Waals surface area contributed by atoms with Gasteiger partial charge in [0.15, 0.2) is 11.4 Å². The first-order valence-corrected chi connectivity index (χ1v) is 21.0. The van der Waals surface area contributed by atoms with E-state index in [0.29, 0.717) is 53.1 Å². The first-order valence-electron chi connectivity index (χ1n) is 21.0. The molecule has 9 rings (SSSR count).